The number of carboxylic acid groups (broad SMARTS) is 1. The van der Waals surface area contributed by atoms with Crippen molar-refractivity contribution in [3.05, 3.63) is 58.9 Å². The first kappa shape index (κ1) is 26.2. The van der Waals surface area contributed by atoms with Crippen molar-refractivity contribution in [2.75, 3.05) is 19.1 Å². The Morgan fingerprint density at radius 2 is 1.76 bits per heavy atom. The fourth-order valence-electron chi connectivity index (χ4n) is 6.24. The lowest BCUT2D eigenvalue weighted by atomic mass is 9.91. The topological polar surface area (TPSA) is 93.9 Å². The molecule has 5 rings (SSSR count). The predicted octanol–water partition coefficient (Wildman–Crippen LogP) is 5.79. The maximum absolute atomic E-state index is 12.7. The number of fused-ring (bicyclic) bond motifs is 3. The van der Waals surface area contributed by atoms with Crippen LogP contribution in [0.15, 0.2) is 36.4 Å². The summed E-state index contributed by atoms with van der Waals surface area (Å²) in [6.07, 6.45) is 5.59. The number of amides is 1. The van der Waals surface area contributed by atoms with Gasteiger partial charge in [-0.3, -0.25) is 9.69 Å². The summed E-state index contributed by atoms with van der Waals surface area (Å²) in [4.78, 5) is 32.0. The van der Waals surface area contributed by atoms with E-state index in [0.717, 1.165) is 77.8 Å². The van der Waals surface area contributed by atoms with E-state index in [1.165, 1.54) is 7.11 Å². The van der Waals surface area contributed by atoms with Gasteiger partial charge in [-0.15, -0.1) is 0 Å². The molecule has 8 nitrogen and oxygen atoms in total. The van der Waals surface area contributed by atoms with Crippen LogP contribution in [0.25, 0.3) is 11.0 Å². The second-order valence-electron chi connectivity index (χ2n) is 10.7. The minimum Gasteiger partial charge on any atom is -0.481 e. The largest absolute Gasteiger partial charge is 0.481 e. The molecule has 0 radical (unpaired) electrons. The van der Waals surface area contributed by atoms with Crippen LogP contribution in [0.5, 0.6) is 0 Å². The summed E-state index contributed by atoms with van der Waals surface area (Å²) in [5.74, 6) is -0.780. The molecule has 0 bridgehead atoms. The van der Waals surface area contributed by atoms with Gasteiger partial charge in [-0.25, -0.2) is 9.78 Å². The highest BCUT2D eigenvalue weighted by molar-refractivity contribution is 5.95. The molecule has 1 amide bonds. The van der Waals surface area contributed by atoms with Gasteiger partial charge in [0.2, 0.25) is 0 Å². The predicted molar refractivity (Wildman–Crippen MR) is 146 cm³/mol. The van der Waals surface area contributed by atoms with Crippen molar-refractivity contribution < 1.29 is 24.2 Å². The average Bonchev–Trinajstić information content (AvgIpc) is 3.30. The number of rotatable bonds is 6. The molecule has 2 aromatic carbocycles. The number of nitrogens with zero attached hydrogens (tertiary/aromatic N) is 3. The molecule has 2 heterocycles. The second kappa shape index (κ2) is 10.8. The summed E-state index contributed by atoms with van der Waals surface area (Å²) in [5.41, 5.74) is 5.59. The number of anilines is 1. The highest BCUT2D eigenvalue weighted by atomic mass is 16.5. The molecule has 202 valence electrons. The van der Waals surface area contributed by atoms with Crippen LogP contribution in [0.4, 0.5) is 10.5 Å². The maximum Gasteiger partial charge on any atom is 0.414 e. The van der Waals surface area contributed by atoms with Crippen molar-refractivity contribution >= 4 is 28.8 Å². The zero-order chi connectivity index (χ0) is 27.0. The SMILES string of the molecule is COC(=O)N1c2ccc3c(nc(CC(C(=O)O)c4ccc(C)cc4)n3C3CCC(OC)CC3)c2CCC1C. The number of carbonyl (C=O) groups is 2. The Balaban J connectivity index is 1.63. The Bertz CT molecular complexity index is 1320. The van der Waals surface area contributed by atoms with Crippen molar-refractivity contribution in [2.45, 2.75) is 82.9 Å². The van der Waals surface area contributed by atoms with Crippen LogP contribution >= 0.6 is 0 Å². The molecule has 1 aliphatic carbocycles. The molecule has 1 saturated carbocycles. The maximum atomic E-state index is 12.7. The summed E-state index contributed by atoms with van der Waals surface area (Å²) < 4.78 is 13.0. The van der Waals surface area contributed by atoms with E-state index < -0.39 is 11.9 Å². The number of hydrogen-bond donors (Lipinski definition) is 1. The molecule has 8 heteroatoms. The second-order valence-corrected chi connectivity index (χ2v) is 10.7. The van der Waals surface area contributed by atoms with Gasteiger partial charge in [-0.2, -0.15) is 0 Å². The number of hydrogen-bond acceptors (Lipinski definition) is 5. The molecule has 2 aliphatic rings. The van der Waals surface area contributed by atoms with E-state index in [2.05, 4.69) is 4.57 Å². The Hall–Kier alpha value is -3.39. The zero-order valence-corrected chi connectivity index (χ0v) is 22.6. The molecule has 1 aliphatic heterocycles. The van der Waals surface area contributed by atoms with E-state index in [-0.39, 0.29) is 24.3 Å². The van der Waals surface area contributed by atoms with E-state index >= 15 is 0 Å². The van der Waals surface area contributed by atoms with Crippen LogP contribution in [-0.4, -0.2) is 53.1 Å². The van der Waals surface area contributed by atoms with Gasteiger partial charge in [0.15, 0.2) is 0 Å². The van der Waals surface area contributed by atoms with E-state index in [9.17, 15) is 14.7 Å². The molecule has 2 atom stereocenters. The van der Waals surface area contributed by atoms with Crippen LogP contribution in [0.3, 0.4) is 0 Å². The third-order valence-electron chi connectivity index (χ3n) is 8.41. The number of carboxylic acids is 1. The van der Waals surface area contributed by atoms with Crippen LogP contribution < -0.4 is 4.90 Å². The molecule has 3 aromatic rings. The van der Waals surface area contributed by atoms with Gasteiger partial charge >= 0.3 is 12.1 Å². The third kappa shape index (κ3) is 4.77. The summed E-state index contributed by atoms with van der Waals surface area (Å²) in [6.45, 7) is 4.03. The lowest BCUT2D eigenvalue weighted by Gasteiger charge is -2.34. The molecule has 0 saturated heterocycles. The Labute approximate surface area is 223 Å². The number of aromatic nitrogens is 2. The van der Waals surface area contributed by atoms with E-state index in [0.29, 0.717) is 6.42 Å². The smallest absolute Gasteiger partial charge is 0.414 e. The van der Waals surface area contributed by atoms with Gasteiger partial charge in [0.1, 0.15) is 5.82 Å². The monoisotopic (exact) mass is 519 g/mol. The van der Waals surface area contributed by atoms with Gasteiger partial charge in [0, 0.05) is 31.2 Å². The van der Waals surface area contributed by atoms with E-state index in [1.807, 2.05) is 50.2 Å². The van der Waals surface area contributed by atoms with Crippen LogP contribution in [0.2, 0.25) is 0 Å². The van der Waals surface area contributed by atoms with Crippen molar-refractivity contribution in [1.82, 2.24) is 9.55 Å². The number of ether oxygens (including phenoxy) is 2. The van der Waals surface area contributed by atoms with Gasteiger partial charge in [-0.1, -0.05) is 29.8 Å². The first-order chi connectivity index (χ1) is 18.3. The van der Waals surface area contributed by atoms with Crippen molar-refractivity contribution in [2.24, 2.45) is 0 Å². The average molecular weight is 520 g/mol. The normalized spacial score (nSPS) is 22.2. The number of carbonyl (C=O) groups excluding carboxylic acids is 1. The summed E-state index contributed by atoms with van der Waals surface area (Å²) in [7, 11) is 3.17. The fraction of sp³-hybridized carbons (Fsp3) is 0.500. The number of aryl methyl sites for hydroxylation is 2. The molecule has 2 unspecified atom stereocenters. The highest BCUT2D eigenvalue weighted by Crippen LogP contribution is 2.40. The first-order valence-electron chi connectivity index (χ1n) is 13.5. The van der Waals surface area contributed by atoms with Gasteiger partial charge < -0.3 is 19.1 Å². The van der Waals surface area contributed by atoms with E-state index in [4.69, 9.17) is 14.5 Å². The molecule has 1 aromatic heterocycles. The minimum atomic E-state index is -0.858. The number of benzene rings is 2. The van der Waals surface area contributed by atoms with Gasteiger partial charge in [0.25, 0.3) is 0 Å². The number of methoxy groups -OCH3 is 2. The van der Waals surface area contributed by atoms with Gasteiger partial charge in [0.05, 0.1) is 35.9 Å². The number of aliphatic carboxylic acids is 1. The Kier molecular flexibility index (Phi) is 7.43. The van der Waals surface area contributed by atoms with Crippen LogP contribution in [0, 0.1) is 6.92 Å². The lowest BCUT2D eigenvalue weighted by Crippen LogP contribution is -2.42. The zero-order valence-electron chi connectivity index (χ0n) is 22.6. The highest BCUT2D eigenvalue weighted by Gasteiger charge is 2.34. The van der Waals surface area contributed by atoms with Crippen LogP contribution in [0.1, 0.15) is 73.5 Å². The Morgan fingerprint density at radius 3 is 2.39 bits per heavy atom. The summed E-state index contributed by atoms with van der Waals surface area (Å²) in [6, 6.07) is 12.0. The van der Waals surface area contributed by atoms with Gasteiger partial charge in [-0.05, 0) is 70.1 Å². The summed E-state index contributed by atoms with van der Waals surface area (Å²) in [5, 5.41) is 10.2. The molecular weight excluding hydrogens is 482 g/mol. The van der Waals surface area contributed by atoms with E-state index in [1.54, 1.807) is 12.0 Å². The molecule has 1 N–H and O–H groups in total. The van der Waals surface area contributed by atoms with Crippen molar-refractivity contribution in [1.29, 1.82) is 0 Å². The molecular formula is C30H37N3O5. The third-order valence-corrected chi connectivity index (χ3v) is 8.41. The first-order valence-corrected chi connectivity index (χ1v) is 13.5. The van der Waals surface area contributed by atoms with Crippen molar-refractivity contribution in [3.8, 4) is 0 Å². The van der Waals surface area contributed by atoms with Crippen molar-refractivity contribution in [3.63, 3.8) is 0 Å². The molecule has 0 spiro atoms. The lowest BCUT2D eigenvalue weighted by molar-refractivity contribution is -0.138. The standard InChI is InChI=1S/C30H37N3O5/c1-18-5-8-20(9-6-18)24(29(34)35)17-27-31-28-23-14-7-19(2)32(30(36)38-4)25(23)15-16-26(28)33(27)21-10-12-22(37-3)13-11-21/h5-6,8-9,15-16,19,21-22,24H,7,10-14,17H2,1-4H3,(H,34,35). The fourth-order valence-corrected chi connectivity index (χ4v) is 6.24. The summed E-state index contributed by atoms with van der Waals surface area (Å²) >= 11 is 0. The van der Waals surface area contributed by atoms with Crippen LogP contribution in [-0.2, 0) is 27.1 Å². The molecule has 1 fully saturated rings. The quantitative estimate of drug-likeness (QED) is 0.443. The minimum absolute atomic E-state index is 0.0243. The Morgan fingerprint density at radius 1 is 1.05 bits per heavy atom. The molecule has 38 heavy (non-hydrogen) atoms. The number of imidazole rings is 1.